The fraction of sp³-hybridized carbons (Fsp3) is 0.182. The highest BCUT2D eigenvalue weighted by atomic mass is 16.5. The van der Waals surface area contributed by atoms with Gasteiger partial charge in [-0.2, -0.15) is 0 Å². The Balaban J connectivity index is 1.65. The van der Waals surface area contributed by atoms with Gasteiger partial charge in [0.05, 0.1) is 0 Å². The molecule has 138 valence electrons. The van der Waals surface area contributed by atoms with Crippen molar-refractivity contribution in [2.24, 2.45) is 0 Å². The first-order valence-electron chi connectivity index (χ1n) is 8.74. The van der Waals surface area contributed by atoms with Crippen LogP contribution in [0.2, 0.25) is 0 Å². The van der Waals surface area contributed by atoms with E-state index in [1.807, 2.05) is 42.5 Å². The van der Waals surface area contributed by atoms with Gasteiger partial charge in [-0.3, -0.25) is 9.59 Å². The summed E-state index contributed by atoms with van der Waals surface area (Å²) in [7, 11) is 0. The number of amides is 1. The molecule has 5 nitrogen and oxygen atoms in total. The van der Waals surface area contributed by atoms with E-state index in [2.05, 4.69) is 10.3 Å². The van der Waals surface area contributed by atoms with E-state index in [0.717, 1.165) is 11.3 Å². The smallest absolute Gasteiger partial charge is 0.272 e. The molecule has 5 heteroatoms. The molecule has 0 bridgehead atoms. The number of aromatic amines is 1. The van der Waals surface area contributed by atoms with E-state index in [0.29, 0.717) is 34.8 Å². The van der Waals surface area contributed by atoms with Crippen LogP contribution in [0.15, 0.2) is 54.6 Å². The van der Waals surface area contributed by atoms with Crippen LogP contribution < -0.4 is 10.1 Å². The summed E-state index contributed by atoms with van der Waals surface area (Å²) < 4.78 is 5.74. The molecule has 0 saturated heterocycles. The molecule has 2 N–H and O–H groups in total. The van der Waals surface area contributed by atoms with Crippen LogP contribution in [0.3, 0.4) is 0 Å². The van der Waals surface area contributed by atoms with Crippen LogP contribution in [0, 0.1) is 13.8 Å². The monoisotopic (exact) mass is 362 g/mol. The van der Waals surface area contributed by atoms with Crippen molar-refractivity contribution in [2.75, 3.05) is 5.32 Å². The van der Waals surface area contributed by atoms with Crippen molar-refractivity contribution in [1.82, 2.24) is 4.98 Å². The van der Waals surface area contributed by atoms with Crippen LogP contribution in [0.4, 0.5) is 5.69 Å². The number of anilines is 1. The van der Waals surface area contributed by atoms with Gasteiger partial charge in [0.15, 0.2) is 5.78 Å². The lowest BCUT2D eigenvalue weighted by atomic mass is 10.1. The molecule has 3 aromatic rings. The first kappa shape index (κ1) is 18.5. The largest absolute Gasteiger partial charge is 0.489 e. The average Bonchev–Trinajstić information content (AvgIpc) is 2.96. The predicted octanol–water partition coefficient (Wildman–Crippen LogP) is 4.67. The van der Waals surface area contributed by atoms with Gasteiger partial charge in [0.1, 0.15) is 18.1 Å². The Kier molecular flexibility index (Phi) is 5.41. The minimum atomic E-state index is -0.277. The number of aryl methyl sites for hydroxylation is 1. The summed E-state index contributed by atoms with van der Waals surface area (Å²) in [6.45, 7) is 5.55. The van der Waals surface area contributed by atoms with Gasteiger partial charge >= 0.3 is 0 Å². The van der Waals surface area contributed by atoms with Crippen LogP contribution in [0.5, 0.6) is 5.75 Å². The number of hydrogen-bond donors (Lipinski definition) is 2. The highest BCUT2D eigenvalue weighted by molar-refractivity contribution is 6.07. The van der Waals surface area contributed by atoms with Crippen molar-refractivity contribution in [3.8, 4) is 5.75 Å². The zero-order valence-electron chi connectivity index (χ0n) is 15.6. The lowest BCUT2D eigenvalue weighted by Gasteiger charge is -2.08. The SMILES string of the molecule is CC(=O)c1c(C)[nH]c(C(=O)Nc2ccc(OCc3ccccc3)cc2)c1C. The lowest BCUT2D eigenvalue weighted by molar-refractivity contribution is 0.101. The molecule has 0 aliphatic carbocycles. The zero-order valence-corrected chi connectivity index (χ0v) is 15.6. The second-order valence-corrected chi connectivity index (χ2v) is 6.43. The first-order chi connectivity index (χ1) is 13.0. The highest BCUT2D eigenvalue weighted by Gasteiger charge is 2.19. The van der Waals surface area contributed by atoms with Crippen LogP contribution in [-0.4, -0.2) is 16.7 Å². The van der Waals surface area contributed by atoms with E-state index >= 15 is 0 Å². The van der Waals surface area contributed by atoms with E-state index in [4.69, 9.17) is 4.74 Å². The minimum Gasteiger partial charge on any atom is -0.489 e. The van der Waals surface area contributed by atoms with Crippen LogP contribution in [0.1, 0.15) is 44.6 Å². The molecule has 1 aromatic heterocycles. The second-order valence-electron chi connectivity index (χ2n) is 6.43. The summed E-state index contributed by atoms with van der Waals surface area (Å²) in [5.41, 5.74) is 4.10. The molecule has 0 atom stereocenters. The van der Waals surface area contributed by atoms with E-state index in [1.165, 1.54) is 6.92 Å². The van der Waals surface area contributed by atoms with Crippen molar-refractivity contribution in [2.45, 2.75) is 27.4 Å². The van der Waals surface area contributed by atoms with Gasteiger partial charge in [0.25, 0.3) is 5.91 Å². The minimum absolute atomic E-state index is 0.0554. The van der Waals surface area contributed by atoms with Crippen molar-refractivity contribution < 1.29 is 14.3 Å². The zero-order chi connectivity index (χ0) is 19.4. The predicted molar refractivity (Wildman–Crippen MR) is 105 cm³/mol. The number of hydrogen-bond acceptors (Lipinski definition) is 3. The van der Waals surface area contributed by atoms with Crippen LogP contribution in [-0.2, 0) is 6.61 Å². The Bertz CT molecular complexity index is 957. The quantitative estimate of drug-likeness (QED) is 0.626. The normalized spacial score (nSPS) is 10.5. The number of carbonyl (C=O) groups is 2. The maximum Gasteiger partial charge on any atom is 0.272 e. The third kappa shape index (κ3) is 4.26. The molecule has 0 aliphatic rings. The van der Waals surface area contributed by atoms with Crippen LogP contribution >= 0.6 is 0 Å². The number of ether oxygens (including phenoxy) is 1. The van der Waals surface area contributed by atoms with Crippen LogP contribution in [0.25, 0.3) is 0 Å². The Labute approximate surface area is 158 Å². The van der Waals surface area contributed by atoms with Crippen molar-refractivity contribution in [3.05, 3.63) is 82.7 Å². The van der Waals surface area contributed by atoms with Crippen molar-refractivity contribution in [3.63, 3.8) is 0 Å². The number of ketones is 1. The van der Waals surface area contributed by atoms with E-state index < -0.39 is 0 Å². The molecule has 0 spiro atoms. The molecular weight excluding hydrogens is 340 g/mol. The summed E-state index contributed by atoms with van der Waals surface area (Å²) in [4.78, 5) is 27.3. The van der Waals surface area contributed by atoms with E-state index in [9.17, 15) is 9.59 Å². The molecule has 0 fully saturated rings. The van der Waals surface area contributed by atoms with Gasteiger partial charge in [-0.25, -0.2) is 0 Å². The van der Waals surface area contributed by atoms with Crippen molar-refractivity contribution in [1.29, 1.82) is 0 Å². The van der Waals surface area contributed by atoms with Gasteiger partial charge in [0.2, 0.25) is 0 Å². The number of carbonyl (C=O) groups excluding carboxylic acids is 2. The number of H-pyrrole nitrogens is 1. The first-order valence-corrected chi connectivity index (χ1v) is 8.74. The Morgan fingerprint density at radius 1 is 1.00 bits per heavy atom. The maximum absolute atomic E-state index is 12.5. The molecule has 0 aliphatic heterocycles. The Morgan fingerprint density at radius 3 is 2.26 bits per heavy atom. The molecule has 0 saturated carbocycles. The summed E-state index contributed by atoms with van der Waals surface area (Å²) in [5, 5.41) is 2.84. The molecule has 1 amide bonds. The van der Waals surface area contributed by atoms with Gasteiger partial charge in [-0.1, -0.05) is 30.3 Å². The van der Waals surface area contributed by atoms with E-state index in [-0.39, 0.29) is 11.7 Å². The molecule has 27 heavy (non-hydrogen) atoms. The topological polar surface area (TPSA) is 71.2 Å². The molecule has 3 rings (SSSR count). The molecule has 2 aromatic carbocycles. The van der Waals surface area contributed by atoms with Gasteiger partial charge in [-0.05, 0) is 56.2 Å². The van der Waals surface area contributed by atoms with Crippen molar-refractivity contribution >= 4 is 17.4 Å². The number of benzene rings is 2. The van der Waals surface area contributed by atoms with E-state index in [1.54, 1.807) is 26.0 Å². The van der Waals surface area contributed by atoms with Gasteiger partial charge < -0.3 is 15.0 Å². The summed E-state index contributed by atoms with van der Waals surface area (Å²) in [5.74, 6) is 0.392. The third-order valence-electron chi connectivity index (χ3n) is 4.38. The molecule has 0 radical (unpaired) electrons. The number of nitrogens with one attached hydrogen (secondary N) is 2. The molecule has 1 heterocycles. The summed E-state index contributed by atoms with van der Waals surface area (Å²) in [6.07, 6.45) is 0. The molecular formula is C22H22N2O3. The van der Waals surface area contributed by atoms with Gasteiger partial charge in [-0.15, -0.1) is 0 Å². The van der Waals surface area contributed by atoms with Gasteiger partial charge in [0, 0.05) is 16.9 Å². The standard InChI is InChI=1S/C22H22N2O3/c1-14-20(16(3)25)15(2)23-21(14)22(26)24-18-9-11-19(12-10-18)27-13-17-7-5-4-6-8-17/h4-12,23H,13H2,1-3H3,(H,24,26). The average molecular weight is 362 g/mol. The number of Topliss-reactive ketones (excluding diaryl/α,β-unsaturated/α-hetero) is 1. The summed E-state index contributed by atoms with van der Waals surface area (Å²) in [6, 6.07) is 17.1. The number of aromatic nitrogens is 1. The maximum atomic E-state index is 12.5. The summed E-state index contributed by atoms with van der Waals surface area (Å²) >= 11 is 0. The number of rotatable bonds is 6. The Hall–Kier alpha value is -3.34. The lowest BCUT2D eigenvalue weighted by Crippen LogP contribution is -2.13. The fourth-order valence-electron chi connectivity index (χ4n) is 3.07. The second kappa shape index (κ2) is 7.91. The third-order valence-corrected chi connectivity index (χ3v) is 4.38. The molecule has 0 unspecified atom stereocenters. The highest BCUT2D eigenvalue weighted by Crippen LogP contribution is 2.21. The Morgan fingerprint density at radius 2 is 1.67 bits per heavy atom. The fourth-order valence-corrected chi connectivity index (χ4v) is 3.07.